The summed E-state index contributed by atoms with van der Waals surface area (Å²) in [7, 11) is 0. The lowest BCUT2D eigenvalue weighted by molar-refractivity contribution is -0.129. The van der Waals surface area contributed by atoms with Crippen LogP contribution in [-0.2, 0) is 4.79 Å². The summed E-state index contributed by atoms with van der Waals surface area (Å²) in [5.41, 5.74) is 0.151. The van der Waals surface area contributed by atoms with Gasteiger partial charge in [0.1, 0.15) is 16.1 Å². The number of benzene rings is 1. The summed E-state index contributed by atoms with van der Waals surface area (Å²) < 4.78 is 0. The molecule has 0 aromatic heterocycles. The average molecular weight is 232 g/mol. The third-order valence-electron chi connectivity index (χ3n) is 2.33. The minimum absolute atomic E-state index is 0.236. The second kappa shape index (κ2) is 3.91. The maximum absolute atomic E-state index is 11.8. The van der Waals surface area contributed by atoms with Crippen molar-refractivity contribution in [2.45, 2.75) is 6.92 Å². The minimum atomic E-state index is -1.28. The number of carbonyl (C=O) groups excluding carboxylic acids is 2. The maximum atomic E-state index is 11.8. The molecule has 1 aromatic rings. The lowest BCUT2D eigenvalue weighted by Crippen LogP contribution is -2.32. The van der Waals surface area contributed by atoms with E-state index in [1.807, 2.05) is 0 Å². The van der Waals surface area contributed by atoms with Gasteiger partial charge in [-0.2, -0.15) is 0 Å². The highest BCUT2D eigenvalue weighted by molar-refractivity contribution is 6.35. The van der Waals surface area contributed by atoms with Crippen molar-refractivity contribution in [3.8, 4) is 0 Å². The molecule has 2 rings (SSSR count). The Morgan fingerprint density at radius 1 is 1.18 bits per heavy atom. The second-order valence-corrected chi connectivity index (χ2v) is 3.46. The van der Waals surface area contributed by atoms with Crippen molar-refractivity contribution in [3.63, 3.8) is 0 Å². The molecule has 1 aliphatic rings. The van der Waals surface area contributed by atoms with Crippen LogP contribution in [0.4, 0.5) is 0 Å². The van der Waals surface area contributed by atoms with Crippen molar-refractivity contribution in [3.05, 3.63) is 35.4 Å². The molecule has 2 amide bonds. The van der Waals surface area contributed by atoms with E-state index in [1.165, 1.54) is 19.1 Å². The Morgan fingerprint density at radius 2 is 1.65 bits per heavy atom. The first-order chi connectivity index (χ1) is 8.02. The number of hydrogen-bond acceptors (Lipinski definition) is 4. The molecule has 0 saturated carbocycles. The Hall–Kier alpha value is -2.34. The van der Waals surface area contributed by atoms with E-state index in [9.17, 15) is 14.4 Å². The van der Waals surface area contributed by atoms with Gasteiger partial charge in [0.15, 0.2) is 5.71 Å². The lowest BCUT2D eigenvalue weighted by Gasteiger charge is -1.90. The van der Waals surface area contributed by atoms with Gasteiger partial charge in [-0.3, -0.25) is 0 Å². The quantitative estimate of drug-likeness (QED) is 0.459. The number of aliphatic carboxylic acids is 1. The van der Waals surface area contributed by atoms with E-state index in [0.717, 1.165) is 0 Å². The van der Waals surface area contributed by atoms with Crippen LogP contribution in [0.1, 0.15) is 27.6 Å². The molecular weight excluding hydrogens is 224 g/mol. The van der Waals surface area contributed by atoms with Gasteiger partial charge in [0.2, 0.25) is 0 Å². The smallest absolute Gasteiger partial charge is 0.433 e. The van der Waals surface area contributed by atoms with Gasteiger partial charge in [0.25, 0.3) is 0 Å². The molecule has 1 aliphatic heterocycles. The Balaban J connectivity index is 2.44. The van der Waals surface area contributed by atoms with Crippen molar-refractivity contribution in [2.75, 3.05) is 0 Å². The molecular formula is C11H8N2O4+. The predicted molar refractivity (Wildman–Crippen MR) is 58.0 cm³/mol. The number of carboxylic acid groups (broad SMARTS) is 1. The van der Waals surface area contributed by atoms with Crippen LogP contribution in [0.5, 0.6) is 0 Å². The molecule has 17 heavy (non-hydrogen) atoms. The van der Waals surface area contributed by atoms with Gasteiger partial charge in [0.05, 0.1) is 0 Å². The number of hydrogen-bond donors (Lipinski definition) is 1. The Labute approximate surface area is 96.2 Å². The van der Waals surface area contributed by atoms with E-state index in [4.69, 9.17) is 5.11 Å². The number of fused-ring (bicyclic) bond motifs is 1. The highest BCUT2D eigenvalue weighted by Crippen LogP contribution is 2.20. The van der Waals surface area contributed by atoms with Crippen molar-refractivity contribution >= 4 is 23.5 Å². The van der Waals surface area contributed by atoms with E-state index >= 15 is 0 Å². The first-order valence-corrected chi connectivity index (χ1v) is 4.78. The van der Waals surface area contributed by atoms with Gasteiger partial charge >= 0.3 is 17.8 Å². The molecule has 85 valence electrons. The van der Waals surface area contributed by atoms with E-state index < -0.39 is 17.8 Å². The zero-order chi connectivity index (χ0) is 12.6. The van der Waals surface area contributed by atoms with Gasteiger partial charge < -0.3 is 5.11 Å². The van der Waals surface area contributed by atoms with Crippen LogP contribution in [0.2, 0.25) is 0 Å². The fourth-order valence-electron chi connectivity index (χ4n) is 1.46. The van der Waals surface area contributed by atoms with Crippen LogP contribution in [0.25, 0.3) is 0 Å². The Morgan fingerprint density at radius 3 is 2.06 bits per heavy atom. The van der Waals surface area contributed by atoms with Crippen molar-refractivity contribution in [1.82, 2.24) is 5.01 Å². The fourth-order valence-corrected chi connectivity index (χ4v) is 1.46. The molecule has 0 aliphatic carbocycles. The first kappa shape index (κ1) is 11.2. The Kier molecular flexibility index (Phi) is 2.57. The molecule has 0 bridgehead atoms. The summed E-state index contributed by atoms with van der Waals surface area (Å²) in [5, 5.41) is 12.7. The molecule has 0 atom stereocenters. The normalized spacial score (nSPS) is 16.2. The monoisotopic (exact) mass is 232 g/mol. The third kappa shape index (κ3) is 1.74. The highest BCUT2D eigenvalue weighted by atomic mass is 16.4. The molecule has 1 N–H and O–H groups in total. The van der Waals surface area contributed by atoms with E-state index in [1.54, 1.807) is 12.1 Å². The van der Waals surface area contributed by atoms with Crippen LogP contribution >= 0.6 is 0 Å². The van der Waals surface area contributed by atoms with Gasteiger partial charge in [-0.25, -0.2) is 14.4 Å². The molecule has 0 spiro atoms. The third-order valence-corrected chi connectivity index (χ3v) is 2.33. The number of imide groups is 1. The van der Waals surface area contributed by atoms with Gasteiger partial charge in [-0.15, -0.1) is 0 Å². The minimum Gasteiger partial charge on any atom is -0.477 e. The van der Waals surface area contributed by atoms with Gasteiger partial charge in [0, 0.05) is 0 Å². The van der Waals surface area contributed by atoms with E-state index in [0.29, 0.717) is 5.01 Å². The molecule has 1 aromatic carbocycles. The molecule has 0 saturated heterocycles. The topological polar surface area (TPSA) is 89.7 Å². The van der Waals surface area contributed by atoms with Gasteiger partial charge in [-0.05, 0) is 24.2 Å². The van der Waals surface area contributed by atoms with Crippen LogP contribution in [0, 0.1) is 0 Å². The number of rotatable bonds is 2. The zero-order valence-electron chi connectivity index (χ0n) is 8.88. The SMILES string of the molecule is CC(=N[N+]1C(=O)c2ccccc2C1=O)C(=O)O. The maximum Gasteiger partial charge on any atom is 0.433 e. The number of carboxylic acids is 1. The summed E-state index contributed by atoms with van der Waals surface area (Å²) in [6.07, 6.45) is 0. The molecule has 1 radical (unpaired) electrons. The van der Waals surface area contributed by atoms with Crippen LogP contribution in [-0.4, -0.2) is 28.6 Å². The second-order valence-electron chi connectivity index (χ2n) is 3.46. The first-order valence-electron chi connectivity index (χ1n) is 4.78. The summed E-state index contributed by atoms with van der Waals surface area (Å²) in [6, 6.07) is 6.25. The molecule has 1 heterocycles. The highest BCUT2D eigenvalue weighted by Gasteiger charge is 2.49. The standard InChI is InChI=1S/C11H8N2O4/c1-6(11(16)17)12-13-9(14)7-4-2-3-5-8(7)10(13)15/h2-5H,1H3,(H,16,17)/q+1. The molecule has 0 fully saturated rings. The van der Waals surface area contributed by atoms with Crippen LogP contribution in [0.15, 0.2) is 29.4 Å². The largest absolute Gasteiger partial charge is 0.477 e. The van der Waals surface area contributed by atoms with Crippen molar-refractivity contribution < 1.29 is 19.5 Å². The Bertz CT molecular complexity index is 527. The molecule has 0 unspecified atom stereocenters. The number of amides is 2. The molecule has 6 heteroatoms. The summed E-state index contributed by atoms with van der Waals surface area (Å²) in [6.45, 7) is 1.21. The van der Waals surface area contributed by atoms with E-state index in [-0.39, 0.29) is 16.8 Å². The summed E-state index contributed by atoms with van der Waals surface area (Å²) in [5.74, 6) is -2.49. The lowest BCUT2D eigenvalue weighted by atomic mass is 10.1. The van der Waals surface area contributed by atoms with E-state index in [2.05, 4.69) is 5.10 Å². The van der Waals surface area contributed by atoms with Crippen molar-refractivity contribution in [2.24, 2.45) is 5.10 Å². The van der Waals surface area contributed by atoms with Crippen LogP contribution in [0.3, 0.4) is 0 Å². The van der Waals surface area contributed by atoms with Gasteiger partial charge in [-0.1, -0.05) is 12.1 Å². The fraction of sp³-hybridized carbons (Fsp3) is 0.0909. The summed E-state index contributed by atoms with van der Waals surface area (Å²) >= 11 is 0. The molecule has 6 nitrogen and oxygen atoms in total. The number of hydrazone groups is 1. The number of nitrogens with zero attached hydrogens (tertiary/aromatic N) is 2. The predicted octanol–water partition coefficient (Wildman–Crippen LogP) is 0.581. The number of carbonyl (C=O) groups is 3. The average Bonchev–Trinajstić information content (AvgIpc) is 2.55. The summed E-state index contributed by atoms with van der Waals surface area (Å²) in [4.78, 5) is 34.1. The van der Waals surface area contributed by atoms with Crippen molar-refractivity contribution in [1.29, 1.82) is 0 Å². The zero-order valence-corrected chi connectivity index (χ0v) is 8.88. The van der Waals surface area contributed by atoms with Crippen LogP contribution < -0.4 is 5.01 Å².